The van der Waals surface area contributed by atoms with Gasteiger partial charge in [-0.2, -0.15) is 0 Å². The first-order valence-corrected chi connectivity index (χ1v) is 7.05. The van der Waals surface area contributed by atoms with E-state index in [2.05, 4.69) is 31.2 Å². The van der Waals surface area contributed by atoms with E-state index in [9.17, 15) is 4.79 Å². The summed E-state index contributed by atoms with van der Waals surface area (Å²) in [7, 11) is 0. The highest BCUT2D eigenvalue weighted by molar-refractivity contribution is 5.78. The molecule has 0 amide bonds. The fourth-order valence-corrected chi connectivity index (χ4v) is 2.13. The Bertz CT molecular complexity index is 503. The van der Waals surface area contributed by atoms with Gasteiger partial charge in [0.25, 0.3) is 0 Å². The molecule has 2 rings (SSSR count). The van der Waals surface area contributed by atoms with E-state index < -0.39 is 0 Å². The van der Waals surface area contributed by atoms with Crippen molar-refractivity contribution in [3.8, 4) is 0 Å². The molecule has 0 unspecified atom stereocenters. The number of nitrogens with two attached hydrogens (primary N) is 1. The van der Waals surface area contributed by atoms with E-state index in [-0.39, 0.29) is 0 Å². The van der Waals surface area contributed by atoms with Crippen LogP contribution >= 0.6 is 0 Å². The second-order valence-electron chi connectivity index (χ2n) is 5.27. The van der Waals surface area contributed by atoms with Gasteiger partial charge in [-0.25, -0.2) is 0 Å². The molecular formula is C18H21NO. The van der Waals surface area contributed by atoms with Crippen molar-refractivity contribution in [1.82, 2.24) is 0 Å². The number of Topliss-reactive ketones (excluding diaryl/α,β-unsaturated/α-hetero) is 1. The van der Waals surface area contributed by atoms with Crippen molar-refractivity contribution in [3.63, 3.8) is 0 Å². The molecule has 0 aliphatic carbocycles. The Morgan fingerprint density at radius 3 is 1.80 bits per heavy atom. The van der Waals surface area contributed by atoms with Crippen molar-refractivity contribution in [2.45, 2.75) is 32.6 Å². The summed E-state index contributed by atoms with van der Waals surface area (Å²) in [6.07, 6.45) is 2.86. The SMILES string of the molecule is Cc1ccc(CCC(=O)CCc2ccc(N)cc2)cc1. The maximum absolute atomic E-state index is 11.9. The number of rotatable bonds is 6. The van der Waals surface area contributed by atoms with Crippen molar-refractivity contribution in [3.05, 3.63) is 65.2 Å². The van der Waals surface area contributed by atoms with Crippen molar-refractivity contribution < 1.29 is 4.79 Å². The summed E-state index contributed by atoms with van der Waals surface area (Å²) >= 11 is 0. The molecule has 0 aliphatic heterocycles. The fraction of sp³-hybridized carbons (Fsp3) is 0.278. The average molecular weight is 267 g/mol. The molecule has 0 saturated carbocycles. The zero-order valence-corrected chi connectivity index (χ0v) is 11.9. The van der Waals surface area contributed by atoms with E-state index >= 15 is 0 Å². The lowest BCUT2D eigenvalue weighted by atomic mass is 10.0. The van der Waals surface area contributed by atoms with Crippen LogP contribution in [0.2, 0.25) is 0 Å². The molecule has 0 heterocycles. The van der Waals surface area contributed by atoms with Crippen LogP contribution in [0.15, 0.2) is 48.5 Å². The first-order chi connectivity index (χ1) is 9.63. The molecule has 2 heteroatoms. The minimum Gasteiger partial charge on any atom is -0.399 e. The summed E-state index contributed by atoms with van der Waals surface area (Å²) in [5.41, 5.74) is 10.1. The van der Waals surface area contributed by atoms with Crippen molar-refractivity contribution in [1.29, 1.82) is 0 Å². The van der Waals surface area contributed by atoms with Gasteiger partial charge in [0.1, 0.15) is 5.78 Å². The number of aryl methyl sites for hydroxylation is 3. The van der Waals surface area contributed by atoms with Gasteiger partial charge in [0.2, 0.25) is 0 Å². The Morgan fingerprint density at radius 2 is 1.30 bits per heavy atom. The largest absolute Gasteiger partial charge is 0.399 e. The fourth-order valence-electron chi connectivity index (χ4n) is 2.13. The van der Waals surface area contributed by atoms with Gasteiger partial charge in [0.05, 0.1) is 0 Å². The molecule has 20 heavy (non-hydrogen) atoms. The number of hydrogen-bond acceptors (Lipinski definition) is 2. The number of ketones is 1. The summed E-state index contributed by atoms with van der Waals surface area (Å²) in [5.74, 6) is 0.322. The molecule has 0 radical (unpaired) electrons. The van der Waals surface area contributed by atoms with Crippen molar-refractivity contribution in [2.24, 2.45) is 0 Å². The van der Waals surface area contributed by atoms with E-state index in [0.29, 0.717) is 18.6 Å². The van der Waals surface area contributed by atoms with Gasteiger partial charge in [0.15, 0.2) is 0 Å². The quantitative estimate of drug-likeness (QED) is 0.811. The molecule has 0 aliphatic rings. The third-order valence-electron chi connectivity index (χ3n) is 3.49. The lowest BCUT2D eigenvalue weighted by Crippen LogP contribution is -2.02. The predicted molar refractivity (Wildman–Crippen MR) is 83.7 cm³/mol. The number of carbonyl (C=O) groups is 1. The summed E-state index contributed by atoms with van der Waals surface area (Å²) in [6, 6.07) is 16.1. The summed E-state index contributed by atoms with van der Waals surface area (Å²) in [5, 5.41) is 0. The molecule has 0 fully saturated rings. The van der Waals surface area contributed by atoms with Crippen LogP contribution in [-0.2, 0) is 17.6 Å². The molecule has 2 aromatic carbocycles. The van der Waals surface area contributed by atoms with Gasteiger partial charge in [0, 0.05) is 18.5 Å². The number of benzene rings is 2. The lowest BCUT2D eigenvalue weighted by molar-refractivity contribution is -0.119. The standard InChI is InChI=1S/C18H21NO/c1-14-2-4-15(5-3-14)8-12-18(20)13-9-16-6-10-17(19)11-7-16/h2-7,10-11H,8-9,12-13,19H2,1H3. The maximum atomic E-state index is 11.9. The smallest absolute Gasteiger partial charge is 0.133 e. The second kappa shape index (κ2) is 6.90. The van der Waals surface area contributed by atoms with Crippen LogP contribution in [-0.4, -0.2) is 5.78 Å². The van der Waals surface area contributed by atoms with Crippen LogP contribution in [0.3, 0.4) is 0 Å². The van der Waals surface area contributed by atoms with E-state index in [4.69, 9.17) is 5.73 Å². The number of anilines is 1. The van der Waals surface area contributed by atoms with Gasteiger partial charge in [-0.15, -0.1) is 0 Å². The van der Waals surface area contributed by atoms with Crippen LogP contribution < -0.4 is 5.73 Å². The van der Waals surface area contributed by atoms with Crippen LogP contribution in [0.1, 0.15) is 29.5 Å². The number of carbonyl (C=O) groups excluding carboxylic acids is 1. The zero-order valence-electron chi connectivity index (χ0n) is 11.9. The van der Waals surface area contributed by atoms with Crippen LogP contribution in [0.5, 0.6) is 0 Å². The highest BCUT2D eigenvalue weighted by atomic mass is 16.1. The van der Waals surface area contributed by atoms with Gasteiger partial charge in [-0.05, 0) is 43.0 Å². The maximum Gasteiger partial charge on any atom is 0.133 e. The molecule has 0 saturated heterocycles. The molecule has 0 spiro atoms. The molecule has 2 aromatic rings. The van der Waals surface area contributed by atoms with Crippen LogP contribution in [0.25, 0.3) is 0 Å². The van der Waals surface area contributed by atoms with E-state index in [1.165, 1.54) is 16.7 Å². The first kappa shape index (κ1) is 14.3. The van der Waals surface area contributed by atoms with E-state index in [0.717, 1.165) is 18.5 Å². The summed E-state index contributed by atoms with van der Waals surface area (Å²) in [4.78, 5) is 11.9. The van der Waals surface area contributed by atoms with Crippen molar-refractivity contribution in [2.75, 3.05) is 5.73 Å². The highest BCUT2D eigenvalue weighted by Crippen LogP contribution is 2.10. The Kier molecular flexibility index (Phi) is 4.94. The third kappa shape index (κ3) is 4.54. The molecule has 104 valence electrons. The summed E-state index contributed by atoms with van der Waals surface area (Å²) in [6.45, 7) is 2.07. The zero-order chi connectivity index (χ0) is 14.4. The molecular weight excluding hydrogens is 246 g/mol. The summed E-state index contributed by atoms with van der Waals surface area (Å²) < 4.78 is 0. The normalized spacial score (nSPS) is 10.4. The van der Waals surface area contributed by atoms with E-state index in [1.54, 1.807) is 0 Å². The number of nitrogen functional groups attached to an aromatic ring is 1. The third-order valence-corrected chi connectivity index (χ3v) is 3.49. The van der Waals surface area contributed by atoms with Crippen molar-refractivity contribution >= 4 is 11.5 Å². The minimum atomic E-state index is 0.322. The molecule has 0 atom stereocenters. The van der Waals surface area contributed by atoms with Gasteiger partial charge in [-0.3, -0.25) is 4.79 Å². The Balaban J connectivity index is 1.75. The Morgan fingerprint density at radius 1 is 0.850 bits per heavy atom. The Labute approximate surface area is 120 Å². The van der Waals surface area contributed by atoms with E-state index in [1.807, 2.05) is 24.3 Å². The topological polar surface area (TPSA) is 43.1 Å². The van der Waals surface area contributed by atoms with Gasteiger partial charge in [-0.1, -0.05) is 42.0 Å². The second-order valence-corrected chi connectivity index (χ2v) is 5.27. The van der Waals surface area contributed by atoms with Gasteiger partial charge >= 0.3 is 0 Å². The van der Waals surface area contributed by atoms with Crippen LogP contribution in [0.4, 0.5) is 5.69 Å². The molecule has 0 aromatic heterocycles. The Hall–Kier alpha value is -2.09. The minimum absolute atomic E-state index is 0.322. The van der Waals surface area contributed by atoms with Gasteiger partial charge < -0.3 is 5.73 Å². The highest BCUT2D eigenvalue weighted by Gasteiger charge is 2.04. The molecule has 0 bridgehead atoms. The van der Waals surface area contributed by atoms with Crippen LogP contribution in [0, 0.1) is 6.92 Å². The lowest BCUT2D eigenvalue weighted by Gasteiger charge is -2.03. The molecule has 2 nitrogen and oxygen atoms in total. The monoisotopic (exact) mass is 267 g/mol. The average Bonchev–Trinajstić information content (AvgIpc) is 2.46. The first-order valence-electron chi connectivity index (χ1n) is 7.05. The number of hydrogen-bond donors (Lipinski definition) is 1. The predicted octanol–water partition coefficient (Wildman–Crippen LogP) is 3.71. The molecule has 2 N–H and O–H groups in total.